The van der Waals surface area contributed by atoms with Gasteiger partial charge in [0.1, 0.15) is 0 Å². The van der Waals surface area contributed by atoms with E-state index < -0.39 is 0 Å². The van der Waals surface area contributed by atoms with Crippen LogP contribution >= 0.6 is 0 Å². The molecule has 5 heteroatoms. The number of anilines is 1. The molecule has 0 radical (unpaired) electrons. The number of pyridine rings is 1. The van der Waals surface area contributed by atoms with Crippen LogP contribution in [0.15, 0.2) is 23.6 Å². The first kappa shape index (κ1) is 13.2. The fourth-order valence-corrected chi connectivity index (χ4v) is 3.81. The minimum absolute atomic E-state index is 0.167. The van der Waals surface area contributed by atoms with E-state index in [0.717, 1.165) is 23.7 Å². The number of aromatic nitrogens is 1. The predicted octanol–water partition coefficient (Wildman–Crippen LogP) is 2.34. The zero-order chi connectivity index (χ0) is 13.9. The molecule has 5 nitrogen and oxygen atoms in total. The SMILES string of the molecule is N/C(=N/O)c1ccncc1N1CCC[C@H]2CCCC[C@H]21. The standard InChI is InChI=1S/C15H22N4O/c16-15(18-20)12-7-8-17-10-14(12)19-9-3-5-11-4-1-2-6-13(11)19/h7-8,10-11,13,20H,1-6,9H2,(H2,16,18)/t11-,13-/m1/s1. The fraction of sp³-hybridized carbons (Fsp3) is 0.600. The largest absolute Gasteiger partial charge is 0.409 e. The summed E-state index contributed by atoms with van der Waals surface area (Å²) < 4.78 is 0. The lowest BCUT2D eigenvalue weighted by atomic mass is 9.78. The van der Waals surface area contributed by atoms with Gasteiger partial charge in [-0.05, 0) is 37.7 Å². The van der Waals surface area contributed by atoms with Gasteiger partial charge in [-0.1, -0.05) is 18.0 Å². The summed E-state index contributed by atoms with van der Waals surface area (Å²) in [5, 5.41) is 12.1. The van der Waals surface area contributed by atoms with E-state index in [9.17, 15) is 0 Å². The first-order valence-electron chi connectivity index (χ1n) is 7.50. The van der Waals surface area contributed by atoms with Crippen LogP contribution in [-0.2, 0) is 0 Å². The van der Waals surface area contributed by atoms with Crippen molar-refractivity contribution in [3.8, 4) is 0 Å². The average Bonchev–Trinajstić information content (AvgIpc) is 2.53. The second-order valence-corrected chi connectivity index (χ2v) is 5.83. The third-order valence-electron chi connectivity index (χ3n) is 4.74. The average molecular weight is 274 g/mol. The zero-order valence-corrected chi connectivity index (χ0v) is 11.7. The normalized spacial score (nSPS) is 27.2. The Bertz CT molecular complexity index is 500. The van der Waals surface area contributed by atoms with Crippen LogP contribution in [0.5, 0.6) is 0 Å². The van der Waals surface area contributed by atoms with Gasteiger partial charge in [0, 0.05) is 24.3 Å². The molecule has 2 heterocycles. The quantitative estimate of drug-likeness (QED) is 0.376. The van der Waals surface area contributed by atoms with Gasteiger partial charge in [-0.25, -0.2) is 0 Å². The highest BCUT2D eigenvalue weighted by atomic mass is 16.4. The summed E-state index contributed by atoms with van der Waals surface area (Å²) in [5.41, 5.74) is 7.61. The lowest BCUT2D eigenvalue weighted by molar-refractivity contribution is 0.243. The monoisotopic (exact) mass is 274 g/mol. The van der Waals surface area contributed by atoms with E-state index in [4.69, 9.17) is 10.9 Å². The van der Waals surface area contributed by atoms with E-state index >= 15 is 0 Å². The Labute approximate surface area is 119 Å². The molecule has 0 spiro atoms. The molecular formula is C15H22N4O. The molecule has 0 amide bonds. The Morgan fingerprint density at radius 3 is 2.95 bits per heavy atom. The van der Waals surface area contributed by atoms with Crippen molar-refractivity contribution in [1.82, 2.24) is 4.98 Å². The molecule has 2 fully saturated rings. The lowest BCUT2D eigenvalue weighted by Crippen LogP contribution is -2.47. The number of nitrogens with zero attached hydrogens (tertiary/aromatic N) is 3. The molecule has 0 unspecified atom stereocenters. The molecule has 3 rings (SSSR count). The zero-order valence-electron chi connectivity index (χ0n) is 11.7. The Balaban J connectivity index is 1.95. The maximum atomic E-state index is 8.97. The predicted molar refractivity (Wildman–Crippen MR) is 79.1 cm³/mol. The van der Waals surface area contributed by atoms with Crippen molar-refractivity contribution in [3.63, 3.8) is 0 Å². The van der Waals surface area contributed by atoms with Gasteiger partial charge in [-0.2, -0.15) is 0 Å². The Morgan fingerprint density at radius 2 is 2.10 bits per heavy atom. The van der Waals surface area contributed by atoms with Gasteiger partial charge in [0.15, 0.2) is 5.84 Å². The third kappa shape index (κ3) is 2.32. The van der Waals surface area contributed by atoms with Crippen LogP contribution in [0, 0.1) is 5.92 Å². The summed E-state index contributed by atoms with van der Waals surface area (Å²) in [4.78, 5) is 6.68. The third-order valence-corrected chi connectivity index (χ3v) is 4.74. The van der Waals surface area contributed by atoms with Gasteiger partial charge in [0.2, 0.25) is 0 Å². The van der Waals surface area contributed by atoms with Crippen LogP contribution in [0.2, 0.25) is 0 Å². The first-order valence-corrected chi connectivity index (χ1v) is 7.50. The second kappa shape index (κ2) is 5.69. The highest BCUT2D eigenvalue weighted by molar-refractivity contribution is 6.02. The number of amidine groups is 1. The van der Waals surface area contributed by atoms with Crippen LogP contribution in [0.25, 0.3) is 0 Å². The number of fused-ring (bicyclic) bond motifs is 1. The van der Waals surface area contributed by atoms with Crippen LogP contribution in [-0.4, -0.2) is 28.6 Å². The van der Waals surface area contributed by atoms with Crippen molar-refractivity contribution >= 4 is 11.5 Å². The van der Waals surface area contributed by atoms with Crippen LogP contribution in [0.4, 0.5) is 5.69 Å². The van der Waals surface area contributed by atoms with Gasteiger partial charge in [0.05, 0.1) is 11.9 Å². The number of piperidine rings is 1. The summed E-state index contributed by atoms with van der Waals surface area (Å²) in [7, 11) is 0. The molecule has 1 aromatic heterocycles. The Kier molecular flexibility index (Phi) is 3.76. The molecular weight excluding hydrogens is 252 g/mol. The molecule has 3 N–H and O–H groups in total. The van der Waals surface area contributed by atoms with Gasteiger partial charge in [-0.15, -0.1) is 0 Å². The molecule has 1 saturated heterocycles. The second-order valence-electron chi connectivity index (χ2n) is 5.83. The highest BCUT2D eigenvalue weighted by Gasteiger charge is 2.34. The maximum Gasteiger partial charge on any atom is 0.172 e. The smallest absolute Gasteiger partial charge is 0.172 e. The minimum Gasteiger partial charge on any atom is -0.409 e. The summed E-state index contributed by atoms with van der Waals surface area (Å²) in [5.74, 6) is 0.957. The molecule has 1 aliphatic heterocycles. The molecule has 1 aromatic rings. The van der Waals surface area contributed by atoms with E-state index in [1.807, 2.05) is 12.3 Å². The fourth-order valence-electron chi connectivity index (χ4n) is 3.81. The van der Waals surface area contributed by atoms with E-state index in [2.05, 4.69) is 15.0 Å². The van der Waals surface area contributed by atoms with Crippen molar-refractivity contribution in [1.29, 1.82) is 0 Å². The number of hydrogen-bond acceptors (Lipinski definition) is 4. The van der Waals surface area contributed by atoms with E-state index in [1.54, 1.807) is 6.20 Å². The van der Waals surface area contributed by atoms with Gasteiger partial charge >= 0.3 is 0 Å². The molecule has 1 saturated carbocycles. The minimum atomic E-state index is 0.167. The van der Waals surface area contributed by atoms with Crippen LogP contribution in [0.1, 0.15) is 44.1 Å². The van der Waals surface area contributed by atoms with Crippen molar-refractivity contribution < 1.29 is 5.21 Å². The van der Waals surface area contributed by atoms with E-state index in [0.29, 0.717) is 6.04 Å². The number of hydrogen-bond donors (Lipinski definition) is 2. The Morgan fingerprint density at radius 1 is 1.30 bits per heavy atom. The van der Waals surface area contributed by atoms with Crippen molar-refractivity contribution in [2.75, 3.05) is 11.4 Å². The van der Waals surface area contributed by atoms with Gasteiger partial charge < -0.3 is 15.8 Å². The number of rotatable bonds is 2. The summed E-state index contributed by atoms with van der Waals surface area (Å²) in [6, 6.07) is 2.42. The highest BCUT2D eigenvalue weighted by Crippen LogP contribution is 2.38. The van der Waals surface area contributed by atoms with Gasteiger partial charge in [-0.3, -0.25) is 4.98 Å². The van der Waals surface area contributed by atoms with Crippen LogP contribution < -0.4 is 10.6 Å². The molecule has 2 atom stereocenters. The summed E-state index contributed by atoms with van der Waals surface area (Å²) in [6.07, 6.45) is 11.3. The first-order chi connectivity index (χ1) is 9.81. The van der Waals surface area contributed by atoms with Crippen molar-refractivity contribution in [2.24, 2.45) is 16.8 Å². The molecule has 0 bridgehead atoms. The topological polar surface area (TPSA) is 74.7 Å². The van der Waals surface area contributed by atoms with E-state index in [-0.39, 0.29) is 5.84 Å². The summed E-state index contributed by atoms with van der Waals surface area (Å²) in [6.45, 7) is 1.04. The Hall–Kier alpha value is -1.78. The molecule has 20 heavy (non-hydrogen) atoms. The number of nitrogens with two attached hydrogens (primary N) is 1. The van der Waals surface area contributed by atoms with Crippen LogP contribution in [0.3, 0.4) is 0 Å². The van der Waals surface area contributed by atoms with E-state index in [1.165, 1.54) is 38.5 Å². The maximum absolute atomic E-state index is 8.97. The summed E-state index contributed by atoms with van der Waals surface area (Å²) >= 11 is 0. The molecule has 2 aliphatic rings. The van der Waals surface area contributed by atoms with Crippen molar-refractivity contribution in [3.05, 3.63) is 24.0 Å². The molecule has 1 aliphatic carbocycles. The number of oxime groups is 1. The van der Waals surface area contributed by atoms with Crippen molar-refractivity contribution in [2.45, 2.75) is 44.6 Å². The molecule has 108 valence electrons. The van der Waals surface area contributed by atoms with Gasteiger partial charge in [0.25, 0.3) is 0 Å². The molecule has 0 aromatic carbocycles. The lowest BCUT2D eigenvalue weighted by Gasteiger charge is -2.45.